The third kappa shape index (κ3) is 4.48. The highest BCUT2D eigenvalue weighted by Gasteiger charge is 2.23. The minimum Gasteiger partial charge on any atom is -0.484 e. The Labute approximate surface area is 146 Å². The predicted octanol–water partition coefficient (Wildman–Crippen LogP) is 1.58. The van der Waals surface area contributed by atoms with Gasteiger partial charge in [-0.1, -0.05) is 30.3 Å². The molecule has 2 aromatic rings. The van der Waals surface area contributed by atoms with Crippen LogP contribution in [0.4, 0.5) is 0 Å². The van der Waals surface area contributed by atoms with Crippen molar-refractivity contribution in [2.45, 2.75) is 13.0 Å². The molecule has 0 saturated carbocycles. The molecular weight excluding hydrogens is 320 g/mol. The molecule has 1 saturated heterocycles. The molecule has 6 nitrogen and oxygen atoms in total. The summed E-state index contributed by atoms with van der Waals surface area (Å²) >= 11 is 0. The number of nitrogens with one attached hydrogen (secondary N) is 1. The second kappa shape index (κ2) is 7.98. The van der Waals surface area contributed by atoms with E-state index >= 15 is 0 Å². The Morgan fingerprint density at radius 2 is 1.88 bits per heavy atom. The Morgan fingerprint density at radius 1 is 1.16 bits per heavy atom. The van der Waals surface area contributed by atoms with Gasteiger partial charge in [-0.05, 0) is 29.8 Å². The summed E-state index contributed by atoms with van der Waals surface area (Å²) in [6, 6.07) is 13.0. The zero-order chi connectivity index (χ0) is 17.6. The average Bonchev–Trinajstić information content (AvgIpc) is 2.66. The Kier molecular flexibility index (Phi) is 5.50. The summed E-state index contributed by atoms with van der Waals surface area (Å²) in [7, 11) is 0. The maximum atomic E-state index is 12.3. The summed E-state index contributed by atoms with van der Waals surface area (Å²) in [5.74, 6) is 0.214. The molecule has 0 aliphatic carbocycles. The van der Waals surface area contributed by atoms with E-state index in [1.165, 1.54) is 0 Å². The van der Waals surface area contributed by atoms with Gasteiger partial charge in [0.2, 0.25) is 5.91 Å². The summed E-state index contributed by atoms with van der Waals surface area (Å²) in [5.41, 5.74) is 0. The standard InChI is InChI=1S/C19H22N2O4/c1-14(19(23)21-8-10-24-11-9-21)20-18(22)13-25-17-7-6-15-4-2-3-5-16(15)12-17/h2-7,12,14H,8-11,13H2,1H3,(H,20,22). The predicted molar refractivity (Wildman–Crippen MR) is 94.4 cm³/mol. The van der Waals surface area contributed by atoms with E-state index in [-0.39, 0.29) is 18.4 Å². The SMILES string of the molecule is CC(NC(=O)COc1ccc2ccccc2c1)C(=O)N1CCOCC1. The molecule has 1 atom stereocenters. The number of rotatable bonds is 5. The van der Waals surface area contributed by atoms with E-state index in [1.807, 2.05) is 42.5 Å². The van der Waals surface area contributed by atoms with E-state index in [1.54, 1.807) is 11.8 Å². The largest absolute Gasteiger partial charge is 0.484 e. The van der Waals surface area contributed by atoms with Crippen molar-refractivity contribution in [3.63, 3.8) is 0 Å². The van der Waals surface area contributed by atoms with Gasteiger partial charge in [-0.25, -0.2) is 0 Å². The van der Waals surface area contributed by atoms with Crippen LogP contribution in [-0.4, -0.2) is 55.7 Å². The van der Waals surface area contributed by atoms with Crippen molar-refractivity contribution in [2.75, 3.05) is 32.9 Å². The quantitative estimate of drug-likeness (QED) is 0.896. The molecule has 1 aliphatic heterocycles. The number of fused-ring (bicyclic) bond motifs is 1. The van der Waals surface area contributed by atoms with Gasteiger partial charge in [-0.2, -0.15) is 0 Å². The highest BCUT2D eigenvalue weighted by atomic mass is 16.5. The third-order valence-electron chi connectivity index (χ3n) is 4.16. The lowest BCUT2D eigenvalue weighted by Crippen LogP contribution is -2.51. The van der Waals surface area contributed by atoms with E-state index in [0.29, 0.717) is 32.1 Å². The lowest BCUT2D eigenvalue weighted by atomic mass is 10.1. The smallest absolute Gasteiger partial charge is 0.258 e. The minimum absolute atomic E-state index is 0.0950. The molecule has 0 bridgehead atoms. The second-order valence-corrected chi connectivity index (χ2v) is 6.02. The number of amides is 2. The van der Waals surface area contributed by atoms with Crippen LogP contribution in [-0.2, 0) is 14.3 Å². The number of nitrogens with zero attached hydrogens (tertiary/aromatic N) is 1. The van der Waals surface area contributed by atoms with Crippen LogP contribution in [0.15, 0.2) is 42.5 Å². The first-order valence-corrected chi connectivity index (χ1v) is 8.41. The van der Waals surface area contributed by atoms with Crippen LogP contribution in [0.3, 0.4) is 0 Å². The maximum Gasteiger partial charge on any atom is 0.258 e. The van der Waals surface area contributed by atoms with Gasteiger partial charge in [0, 0.05) is 13.1 Å². The first-order chi connectivity index (χ1) is 12.1. The van der Waals surface area contributed by atoms with Gasteiger partial charge >= 0.3 is 0 Å². The molecule has 132 valence electrons. The molecule has 25 heavy (non-hydrogen) atoms. The fourth-order valence-electron chi connectivity index (χ4n) is 2.81. The highest BCUT2D eigenvalue weighted by molar-refractivity contribution is 5.88. The Bertz CT molecular complexity index is 756. The summed E-state index contributed by atoms with van der Waals surface area (Å²) in [5, 5.41) is 4.86. The Hall–Kier alpha value is -2.60. The fraction of sp³-hybridized carbons (Fsp3) is 0.368. The number of morpholine rings is 1. The molecule has 0 radical (unpaired) electrons. The van der Waals surface area contributed by atoms with Crippen molar-refractivity contribution in [2.24, 2.45) is 0 Å². The fourth-order valence-corrected chi connectivity index (χ4v) is 2.81. The maximum absolute atomic E-state index is 12.3. The molecule has 1 heterocycles. The van der Waals surface area contributed by atoms with Crippen molar-refractivity contribution < 1.29 is 19.1 Å². The Morgan fingerprint density at radius 3 is 2.64 bits per heavy atom. The third-order valence-corrected chi connectivity index (χ3v) is 4.16. The molecule has 1 unspecified atom stereocenters. The van der Waals surface area contributed by atoms with Crippen LogP contribution in [0.1, 0.15) is 6.92 Å². The monoisotopic (exact) mass is 342 g/mol. The molecular formula is C19H22N2O4. The van der Waals surface area contributed by atoms with Crippen molar-refractivity contribution in [1.29, 1.82) is 0 Å². The molecule has 6 heteroatoms. The number of carbonyl (C=O) groups is 2. The first-order valence-electron chi connectivity index (χ1n) is 8.41. The van der Waals surface area contributed by atoms with Crippen molar-refractivity contribution in [1.82, 2.24) is 10.2 Å². The van der Waals surface area contributed by atoms with Gasteiger partial charge in [0.15, 0.2) is 6.61 Å². The molecule has 1 aliphatic rings. The van der Waals surface area contributed by atoms with E-state index in [2.05, 4.69) is 5.32 Å². The van der Waals surface area contributed by atoms with E-state index < -0.39 is 6.04 Å². The van der Waals surface area contributed by atoms with Gasteiger partial charge in [0.05, 0.1) is 13.2 Å². The molecule has 1 fully saturated rings. The number of hydrogen-bond donors (Lipinski definition) is 1. The molecule has 1 N–H and O–H groups in total. The van der Waals surface area contributed by atoms with Gasteiger partial charge < -0.3 is 19.7 Å². The highest BCUT2D eigenvalue weighted by Crippen LogP contribution is 2.20. The molecule has 3 rings (SSSR count). The van der Waals surface area contributed by atoms with Crippen molar-refractivity contribution in [3.8, 4) is 5.75 Å². The van der Waals surface area contributed by atoms with Gasteiger partial charge in [0.25, 0.3) is 5.91 Å². The normalized spacial score (nSPS) is 15.6. The first kappa shape index (κ1) is 17.2. The Balaban J connectivity index is 1.50. The number of ether oxygens (including phenoxy) is 2. The lowest BCUT2D eigenvalue weighted by Gasteiger charge is -2.29. The van der Waals surface area contributed by atoms with Gasteiger partial charge in [-0.15, -0.1) is 0 Å². The van der Waals surface area contributed by atoms with Gasteiger partial charge in [0.1, 0.15) is 11.8 Å². The average molecular weight is 342 g/mol. The molecule has 0 spiro atoms. The van der Waals surface area contributed by atoms with Crippen molar-refractivity contribution >= 4 is 22.6 Å². The molecule has 2 aromatic carbocycles. The molecule has 2 amide bonds. The molecule has 0 aromatic heterocycles. The zero-order valence-electron chi connectivity index (χ0n) is 14.2. The van der Waals surface area contributed by atoms with Crippen LogP contribution in [0.5, 0.6) is 5.75 Å². The van der Waals surface area contributed by atoms with Crippen LogP contribution in [0, 0.1) is 0 Å². The lowest BCUT2D eigenvalue weighted by molar-refractivity contribution is -0.139. The van der Waals surface area contributed by atoms with Gasteiger partial charge in [-0.3, -0.25) is 9.59 Å². The summed E-state index contributed by atoms with van der Waals surface area (Å²) < 4.78 is 10.8. The zero-order valence-corrected chi connectivity index (χ0v) is 14.2. The number of hydrogen-bond acceptors (Lipinski definition) is 4. The van der Waals surface area contributed by atoms with E-state index in [4.69, 9.17) is 9.47 Å². The topological polar surface area (TPSA) is 67.9 Å². The second-order valence-electron chi connectivity index (χ2n) is 6.02. The van der Waals surface area contributed by atoms with E-state index in [9.17, 15) is 9.59 Å². The van der Waals surface area contributed by atoms with Crippen LogP contribution >= 0.6 is 0 Å². The number of carbonyl (C=O) groups excluding carboxylic acids is 2. The summed E-state index contributed by atoms with van der Waals surface area (Å²) in [4.78, 5) is 26.0. The van der Waals surface area contributed by atoms with Crippen molar-refractivity contribution in [3.05, 3.63) is 42.5 Å². The summed E-state index contributed by atoms with van der Waals surface area (Å²) in [6.45, 7) is 3.76. The number of benzene rings is 2. The van der Waals surface area contributed by atoms with Crippen LogP contribution in [0.25, 0.3) is 10.8 Å². The van der Waals surface area contributed by atoms with Crippen LogP contribution in [0.2, 0.25) is 0 Å². The van der Waals surface area contributed by atoms with E-state index in [0.717, 1.165) is 10.8 Å². The van der Waals surface area contributed by atoms with Crippen LogP contribution < -0.4 is 10.1 Å². The summed E-state index contributed by atoms with van der Waals surface area (Å²) in [6.07, 6.45) is 0. The minimum atomic E-state index is -0.578.